The third-order valence-electron chi connectivity index (χ3n) is 9.18. The van der Waals surface area contributed by atoms with Crippen LogP contribution in [0.5, 0.6) is 11.5 Å². The Balaban J connectivity index is 2.15. The van der Waals surface area contributed by atoms with Gasteiger partial charge in [-0.2, -0.15) is 5.26 Å². The third-order valence-corrected chi connectivity index (χ3v) is 11.8. The molecule has 2 unspecified atom stereocenters. The van der Waals surface area contributed by atoms with E-state index in [1.807, 2.05) is 87.0 Å². The maximum Gasteiger partial charge on any atom is 0.222 e. The van der Waals surface area contributed by atoms with Crippen molar-refractivity contribution in [3.8, 4) is 17.6 Å². The summed E-state index contributed by atoms with van der Waals surface area (Å²) in [6.07, 6.45) is 7.68. The van der Waals surface area contributed by atoms with Crippen molar-refractivity contribution in [3.05, 3.63) is 95.6 Å². The van der Waals surface area contributed by atoms with Crippen LogP contribution in [0.3, 0.4) is 0 Å². The lowest BCUT2D eigenvalue weighted by Crippen LogP contribution is -2.43. The predicted octanol–water partition coefficient (Wildman–Crippen LogP) is 9.91. The topological polar surface area (TPSA) is 104 Å². The smallest absolute Gasteiger partial charge is 0.222 e. The van der Waals surface area contributed by atoms with Crippen LogP contribution in [0, 0.1) is 11.3 Å². The summed E-state index contributed by atoms with van der Waals surface area (Å²) in [6.45, 7) is 10.5. The zero-order valence-electron chi connectivity index (χ0n) is 31.9. The molecule has 3 aromatic rings. The van der Waals surface area contributed by atoms with Crippen LogP contribution < -0.4 is 9.47 Å². The van der Waals surface area contributed by atoms with Gasteiger partial charge in [0.1, 0.15) is 17.1 Å². The molecule has 3 aromatic carbocycles. The molecule has 0 spiro atoms. The molecule has 51 heavy (non-hydrogen) atoms. The van der Waals surface area contributed by atoms with Crippen molar-refractivity contribution in [2.45, 2.75) is 128 Å². The lowest BCUT2D eigenvalue weighted by molar-refractivity contribution is -0.119. The van der Waals surface area contributed by atoms with Crippen molar-refractivity contribution in [2.75, 3.05) is 20.8 Å². The van der Waals surface area contributed by atoms with Crippen molar-refractivity contribution in [1.29, 1.82) is 5.26 Å². The van der Waals surface area contributed by atoms with Gasteiger partial charge in [-0.05, 0) is 63.8 Å². The van der Waals surface area contributed by atoms with Gasteiger partial charge in [0.25, 0.3) is 0 Å². The minimum absolute atomic E-state index is 0.00149. The molecule has 2 N–H and O–H groups in total. The number of nitriles is 1. The van der Waals surface area contributed by atoms with Gasteiger partial charge in [0.2, 0.25) is 5.53 Å². The van der Waals surface area contributed by atoms with E-state index in [9.17, 15) is 15.5 Å². The number of hydrogen-bond acceptors (Lipinski definition) is 8. The summed E-state index contributed by atoms with van der Waals surface area (Å²) in [7, 11) is 1.41. The minimum atomic E-state index is -2.15. The molecule has 9 heteroatoms. The van der Waals surface area contributed by atoms with Gasteiger partial charge in [0.05, 0.1) is 39.4 Å². The largest absolute Gasteiger partial charge is 0.497 e. The van der Waals surface area contributed by atoms with Crippen LogP contribution in [0.25, 0.3) is 0 Å². The fourth-order valence-electron chi connectivity index (χ4n) is 6.78. The van der Waals surface area contributed by atoms with Crippen LogP contribution in [-0.2, 0) is 14.9 Å². The summed E-state index contributed by atoms with van der Waals surface area (Å²) in [5.41, 5.74) is -0.568. The molecule has 0 aliphatic carbocycles. The molecular formula is C42H61N2O6P. The quantitative estimate of drug-likeness (QED) is 0.0408. The van der Waals surface area contributed by atoms with Crippen molar-refractivity contribution in [2.24, 2.45) is 0 Å². The molecule has 280 valence electrons. The molecular weight excluding hydrogens is 659 g/mol. The highest BCUT2D eigenvalue weighted by Gasteiger charge is 2.45. The lowest BCUT2D eigenvalue weighted by atomic mass is 9.79. The molecule has 0 aliphatic heterocycles. The summed E-state index contributed by atoms with van der Waals surface area (Å²) in [5, 5.41) is 33.0. The van der Waals surface area contributed by atoms with Crippen LogP contribution in [-0.4, -0.2) is 59.4 Å². The maximum absolute atomic E-state index is 11.9. The van der Waals surface area contributed by atoms with Gasteiger partial charge in [-0.25, -0.2) is 0 Å². The fraction of sp³-hybridized carbons (Fsp3) is 0.548. The Kier molecular flexibility index (Phi) is 17.9. The third kappa shape index (κ3) is 11.7. The van der Waals surface area contributed by atoms with Crippen molar-refractivity contribution < 1.29 is 28.9 Å². The first-order valence-electron chi connectivity index (χ1n) is 18.6. The molecule has 8 nitrogen and oxygen atoms in total. The Morgan fingerprint density at radius 2 is 1.37 bits per heavy atom. The zero-order chi connectivity index (χ0) is 37.3. The fourth-order valence-corrected chi connectivity index (χ4v) is 8.91. The van der Waals surface area contributed by atoms with Gasteiger partial charge >= 0.3 is 0 Å². The van der Waals surface area contributed by atoms with Gasteiger partial charge in [-0.1, -0.05) is 106 Å². The van der Waals surface area contributed by atoms with Gasteiger partial charge in [-0.15, -0.1) is 0 Å². The standard InChI is InChI=1S/C42H61N2O6P/c1-8-9-10-11-12-19-25-37(28-29-41(45,46)51(49-31-20-30-43)44(33(2)3)34(4)5)50-42(35-21-15-13-16-22-35,36-23-17-14-18-24-36)39-27-26-38(47-6)32-40(39)48-7/h13-18,21-24,26-27,32-34,37,45-46H,8-12,19-20,25,28-29,31H2,1-7H3. The average Bonchev–Trinajstić information content (AvgIpc) is 3.13. The Bertz CT molecular complexity index is 1400. The number of rotatable bonds is 24. The molecule has 3 rings (SSSR count). The molecule has 0 saturated carbocycles. The highest BCUT2D eigenvalue weighted by Crippen LogP contribution is 2.56. The summed E-state index contributed by atoms with van der Waals surface area (Å²) >= 11 is 0. The van der Waals surface area contributed by atoms with Gasteiger partial charge in [0.15, 0.2) is 8.30 Å². The first-order chi connectivity index (χ1) is 24.5. The monoisotopic (exact) mass is 720 g/mol. The number of aliphatic hydroxyl groups is 2. The van der Waals surface area contributed by atoms with E-state index in [0.29, 0.717) is 17.9 Å². The molecule has 0 amide bonds. The van der Waals surface area contributed by atoms with Gasteiger partial charge < -0.3 is 28.9 Å². The van der Waals surface area contributed by atoms with Crippen LogP contribution in [0.4, 0.5) is 0 Å². The Hall–Kier alpha value is -3.02. The molecule has 2 atom stereocenters. The summed E-state index contributed by atoms with van der Waals surface area (Å²) in [5.74, 6) is 1.29. The minimum Gasteiger partial charge on any atom is -0.497 e. The molecule has 0 heterocycles. The molecule has 0 aliphatic rings. The van der Waals surface area contributed by atoms with Crippen LogP contribution in [0.2, 0.25) is 0 Å². The van der Waals surface area contributed by atoms with E-state index >= 15 is 0 Å². The molecule has 0 saturated heterocycles. The second-order valence-electron chi connectivity index (χ2n) is 13.7. The van der Waals surface area contributed by atoms with E-state index < -0.39 is 19.4 Å². The highest BCUT2D eigenvalue weighted by molar-refractivity contribution is 7.51. The number of hydrogen-bond donors (Lipinski definition) is 2. The number of ether oxygens (including phenoxy) is 3. The second kappa shape index (κ2) is 21.5. The lowest BCUT2D eigenvalue weighted by Gasteiger charge is -2.43. The van der Waals surface area contributed by atoms with E-state index in [1.54, 1.807) is 14.2 Å². The molecule has 0 fully saturated rings. The van der Waals surface area contributed by atoms with Crippen molar-refractivity contribution in [3.63, 3.8) is 0 Å². The SMILES string of the molecule is CCCCCCCCC(CCC(O)(O)P(OCCC#N)N(C(C)C)C(C)C)OC(c1ccccc1)(c1ccccc1)c1ccc(OC)cc1OC. The van der Waals surface area contributed by atoms with Crippen LogP contribution in [0.1, 0.15) is 116 Å². The van der Waals surface area contributed by atoms with E-state index in [2.05, 4.69) is 37.3 Å². The molecule has 0 aromatic heterocycles. The molecule has 0 radical (unpaired) electrons. The Morgan fingerprint density at radius 1 is 0.784 bits per heavy atom. The number of nitrogens with zero attached hydrogens (tertiary/aromatic N) is 2. The Morgan fingerprint density at radius 3 is 1.90 bits per heavy atom. The number of methoxy groups -OCH3 is 2. The van der Waals surface area contributed by atoms with E-state index in [4.69, 9.17) is 18.7 Å². The highest BCUT2D eigenvalue weighted by atomic mass is 31.2. The summed E-state index contributed by atoms with van der Waals surface area (Å²) in [4.78, 5) is 0. The van der Waals surface area contributed by atoms with Crippen LogP contribution >= 0.6 is 8.30 Å². The van der Waals surface area contributed by atoms with Gasteiger partial charge in [0, 0.05) is 30.1 Å². The van der Waals surface area contributed by atoms with Crippen molar-refractivity contribution in [1.82, 2.24) is 4.67 Å². The summed E-state index contributed by atoms with van der Waals surface area (Å²) in [6, 6.07) is 28.3. The van der Waals surface area contributed by atoms with E-state index in [1.165, 1.54) is 19.3 Å². The van der Waals surface area contributed by atoms with E-state index in [0.717, 1.165) is 42.4 Å². The zero-order valence-corrected chi connectivity index (χ0v) is 32.8. The molecule has 0 bridgehead atoms. The Labute approximate surface area is 308 Å². The first kappa shape index (κ1) is 42.4. The number of unbranched alkanes of at least 4 members (excludes halogenated alkanes) is 5. The van der Waals surface area contributed by atoms with Crippen LogP contribution in [0.15, 0.2) is 78.9 Å². The first-order valence-corrected chi connectivity index (χ1v) is 19.8. The van der Waals surface area contributed by atoms with E-state index in [-0.39, 0.29) is 37.6 Å². The predicted molar refractivity (Wildman–Crippen MR) is 207 cm³/mol. The maximum atomic E-state index is 11.9. The number of benzene rings is 3. The average molecular weight is 721 g/mol. The normalized spacial score (nSPS) is 13.4. The second-order valence-corrected chi connectivity index (χ2v) is 15.7. The summed E-state index contributed by atoms with van der Waals surface area (Å²) < 4.78 is 27.3. The van der Waals surface area contributed by atoms with Crippen molar-refractivity contribution >= 4 is 8.30 Å². The van der Waals surface area contributed by atoms with Gasteiger partial charge in [-0.3, -0.25) is 4.67 Å².